The number of carbonyl (C=O) groups is 1. The maximum atomic E-state index is 13.9. The molecular weight excluding hydrogens is 497 g/mol. The van der Waals surface area contributed by atoms with Crippen LogP contribution in [0, 0.1) is 11.6 Å². The van der Waals surface area contributed by atoms with Gasteiger partial charge in [0.15, 0.2) is 30.6 Å². The maximum absolute atomic E-state index is 13.9. The van der Waals surface area contributed by atoms with Crippen molar-refractivity contribution in [2.45, 2.75) is 18.5 Å². The first-order valence-electron chi connectivity index (χ1n) is 8.79. The van der Waals surface area contributed by atoms with Gasteiger partial charge in [0.25, 0.3) is 0 Å². The van der Waals surface area contributed by atoms with E-state index in [4.69, 9.17) is 0 Å². The van der Waals surface area contributed by atoms with Gasteiger partial charge in [-0.1, -0.05) is 6.07 Å². The molecule has 0 radical (unpaired) electrons. The largest absolute Gasteiger partial charge is 0.484 e. The molecule has 0 aromatic heterocycles. The van der Waals surface area contributed by atoms with E-state index in [1.54, 1.807) is 0 Å². The number of benzene rings is 2. The third-order valence-corrected chi connectivity index (χ3v) is 3.84. The van der Waals surface area contributed by atoms with Crippen molar-refractivity contribution in [3.63, 3.8) is 0 Å². The lowest BCUT2D eigenvalue weighted by Crippen LogP contribution is -2.21. The van der Waals surface area contributed by atoms with Crippen LogP contribution in [0.2, 0.25) is 0 Å². The van der Waals surface area contributed by atoms with E-state index in [1.807, 2.05) is 0 Å². The lowest BCUT2D eigenvalue weighted by molar-refractivity contribution is -0.154. The van der Waals surface area contributed by atoms with Crippen LogP contribution in [-0.2, 0) is 6.18 Å². The summed E-state index contributed by atoms with van der Waals surface area (Å²) in [5.41, 5.74) is -3.47. The zero-order valence-corrected chi connectivity index (χ0v) is 16.3. The van der Waals surface area contributed by atoms with Gasteiger partial charge >= 0.3 is 18.5 Å². The van der Waals surface area contributed by atoms with Crippen molar-refractivity contribution in [3.8, 4) is 11.5 Å². The third kappa shape index (κ3) is 7.63. The second-order valence-electron chi connectivity index (χ2n) is 6.49. The molecule has 0 atom stereocenters. The topological polar surface area (TPSA) is 35.5 Å². The second-order valence-corrected chi connectivity index (χ2v) is 6.49. The predicted octanol–water partition coefficient (Wildman–Crippen LogP) is 6.76. The summed E-state index contributed by atoms with van der Waals surface area (Å²) in [6, 6.07) is 2.83. The number of ketones is 1. The second kappa shape index (κ2) is 9.89. The van der Waals surface area contributed by atoms with Crippen molar-refractivity contribution < 1.29 is 62.6 Å². The van der Waals surface area contributed by atoms with Crippen molar-refractivity contribution >= 4 is 11.9 Å². The van der Waals surface area contributed by atoms with Crippen molar-refractivity contribution in [2.24, 2.45) is 0 Å². The molecule has 2 aromatic rings. The van der Waals surface area contributed by atoms with Gasteiger partial charge in [-0.3, -0.25) is 4.79 Å². The number of ether oxygens (including phenoxy) is 2. The number of hydrogen-bond acceptors (Lipinski definition) is 3. The zero-order chi connectivity index (χ0) is 25.9. The predicted molar refractivity (Wildman–Crippen MR) is 94.3 cm³/mol. The molecule has 2 aromatic carbocycles. The molecule has 0 spiro atoms. The van der Waals surface area contributed by atoms with E-state index < -0.39 is 77.3 Å². The molecular formula is C20H11F11O3. The minimum absolute atomic E-state index is 0.200. The first-order chi connectivity index (χ1) is 15.5. The van der Waals surface area contributed by atoms with Gasteiger partial charge in [0.1, 0.15) is 11.5 Å². The molecule has 0 aliphatic rings. The Morgan fingerprint density at radius 1 is 0.794 bits per heavy atom. The van der Waals surface area contributed by atoms with E-state index in [0.29, 0.717) is 24.3 Å². The van der Waals surface area contributed by atoms with E-state index in [-0.39, 0.29) is 6.07 Å². The number of hydrogen-bond donors (Lipinski definition) is 0. The number of allylic oxidation sites excluding steroid dienone is 1. The summed E-state index contributed by atoms with van der Waals surface area (Å²) in [5, 5.41) is 0. The molecule has 2 rings (SSSR count). The highest BCUT2D eigenvalue weighted by molar-refractivity contribution is 6.08. The maximum Gasteiger partial charge on any atom is 0.422 e. The highest BCUT2D eigenvalue weighted by Gasteiger charge is 2.36. The van der Waals surface area contributed by atoms with Gasteiger partial charge in [0.05, 0.1) is 11.1 Å². The van der Waals surface area contributed by atoms with Crippen LogP contribution in [0.5, 0.6) is 11.5 Å². The SMILES string of the molecule is O=C(C=Cc1ccc(C(F)(F)F)c(F)c1F)c1cc(OCC(F)(F)F)ccc1OCC(F)(F)F. The minimum Gasteiger partial charge on any atom is -0.484 e. The number of carbonyl (C=O) groups excluding carboxylic acids is 1. The van der Waals surface area contributed by atoms with Crippen LogP contribution < -0.4 is 9.47 Å². The van der Waals surface area contributed by atoms with Gasteiger partial charge in [-0.05, 0) is 36.4 Å². The van der Waals surface area contributed by atoms with Crippen LogP contribution in [0.25, 0.3) is 6.08 Å². The van der Waals surface area contributed by atoms with Crippen molar-refractivity contribution in [3.05, 3.63) is 64.7 Å². The minimum atomic E-state index is -5.20. The highest BCUT2D eigenvalue weighted by Crippen LogP contribution is 2.33. The lowest BCUT2D eigenvalue weighted by Gasteiger charge is -2.14. The van der Waals surface area contributed by atoms with Crippen LogP contribution in [0.1, 0.15) is 21.5 Å². The molecule has 186 valence electrons. The molecule has 0 N–H and O–H groups in total. The quantitative estimate of drug-likeness (QED) is 0.236. The Labute approximate surface area is 183 Å². The van der Waals surface area contributed by atoms with Crippen molar-refractivity contribution in [2.75, 3.05) is 13.2 Å². The summed E-state index contributed by atoms with van der Waals surface area (Å²) in [4.78, 5) is 12.4. The standard InChI is InChI=1S/C20H11F11O3/c21-16-10(1-4-13(17(16)22)20(29,30)31)2-5-14(32)12-7-11(33-8-18(23,24)25)3-6-15(12)34-9-19(26,27)28/h1-7H,8-9H2. The Morgan fingerprint density at radius 3 is 1.94 bits per heavy atom. The Balaban J connectivity index is 2.38. The number of rotatable bonds is 7. The van der Waals surface area contributed by atoms with E-state index in [2.05, 4.69) is 9.47 Å². The van der Waals surface area contributed by atoms with Crippen LogP contribution in [0.3, 0.4) is 0 Å². The van der Waals surface area contributed by atoms with Gasteiger partial charge < -0.3 is 9.47 Å². The van der Waals surface area contributed by atoms with Crippen LogP contribution in [0.15, 0.2) is 36.4 Å². The summed E-state index contributed by atoms with van der Waals surface area (Å²) in [6.07, 6.45) is -13.8. The average Bonchev–Trinajstić information content (AvgIpc) is 2.69. The van der Waals surface area contributed by atoms with Crippen LogP contribution >= 0.6 is 0 Å². The average molecular weight is 508 g/mol. The first-order valence-corrected chi connectivity index (χ1v) is 8.79. The van der Waals surface area contributed by atoms with Crippen molar-refractivity contribution in [1.29, 1.82) is 0 Å². The molecule has 0 heterocycles. The summed E-state index contributed by atoms with van der Waals surface area (Å²) in [5.74, 6) is -6.78. The molecule has 0 aliphatic heterocycles. The fourth-order valence-corrected chi connectivity index (χ4v) is 2.41. The summed E-state index contributed by atoms with van der Waals surface area (Å²) < 4.78 is 149. The van der Waals surface area contributed by atoms with Gasteiger partial charge in [0, 0.05) is 5.56 Å². The van der Waals surface area contributed by atoms with E-state index in [1.165, 1.54) is 0 Å². The number of halogens is 11. The Kier molecular flexibility index (Phi) is 7.83. The Bertz CT molecular complexity index is 1070. The molecule has 14 heteroatoms. The Hall–Kier alpha value is -3.32. The smallest absolute Gasteiger partial charge is 0.422 e. The molecule has 0 saturated heterocycles. The van der Waals surface area contributed by atoms with Gasteiger partial charge in [0.2, 0.25) is 0 Å². The molecule has 34 heavy (non-hydrogen) atoms. The van der Waals surface area contributed by atoms with E-state index in [9.17, 15) is 53.1 Å². The molecule has 0 bridgehead atoms. The zero-order valence-electron chi connectivity index (χ0n) is 16.3. The highest BCUT2D eigenvalue weighted by atomic mass is 19.4. The fraction of sp³-hybridized carbons (Fsp3) is 0.250. The van der Waals surface area contributed by atoms with E-state index >= 15 is 0 Å². The van der Waals surface area contributed by atoms with E-state index in [0.717, 1.165) is 12.1 Å². The van der Waals surface area contributed by atoms with Gasteiger partial charge in [-0.15, -0.1) is 0 Å². The molecule has 0 fully saturated rings. The fourth-order valence-electron chi connectivity index (χ4n) is 2.41. The first kappa shape index (κ1) is 26.9. The van der Waals surface area contributed by atoms with Gasteiger partial charge in [-0.25, -0.2) is 8.78 Å². The lowest BCUT2D eigenvalue weighted by atomic mass is 10.1. The third-order valence-electron chi connectivity index (χ3n) is 3.84. The normalized spacial score (nSPS) is 12.8. The molecule has 0 unspecified atom stereocenters. The molecule has 0 saturated carbocycles. The summed E-state index contributed by atoms with van der Waals surface area (Å²) in [7, 11) is 0. The van der Waals surface area contributed by atoms with Crippen LogP contribution in [0.4, 0.5) is 48.3 Å². The van der Waals surface area contributed by atoms with Crippen LogP contribution in [-0.4, -0.2) is 31.3 Å². The summed E-state index contributed by atoms with van der Waals surface area (Å²) in [6.45, 7) is -3.67. The molecule has 0 aliphatic carbocycles. The molecule has 3 nitrogen and oxygen atoms in total. The monoisotopic (exact) mass is 508 g/mol. The number of alkyl halides is 9. The molecule has 0 amide bonds. The summed E-state index contributed by atoms with van der Waals surface area (Å²) >= 11 is 0. The Morgan fingerprint density at radius 2 is 1.38 bits per heavy atom. The van der Waals surface area contributed by atoms with Gasteiger partial charge in [-0.2, -0.15) is 39.5 Å². The van der Waals surface area contributed by atoms with Crippen molar-refractivity contribution in [1.82, 2.24) is 0 Å².